The third kappa shape index (κ3) is 5.12. The number of nitrogens with one attached hydrogen (secondary N) is 1. The van der Waals surface area contributed by atoms with Crippen molar-refractivity contribution >= 4 is 5.97 Å². The molecule has 5 heteroatoms. The molecule has 0 fully saturated rings. The summed E-state index contributed by atoms with van der Waals surface area (Å²) in [6.07, 6.45) is -0.510. The van der Waals surface area contributed by atoms with Crippen molar-refractivity contribution in [1.29, 1.82) is 0 Å². The van der Waals surface area contributed by atoms with Crippen LogP contribution in [0.1, 0.15) is 41.2 Å². The molecule has 4 N–H and O–H groups in total. The largest absolute Gasteiger partial charge is 0.481 e. The molecule has 0 aliphatic carbocycles. The van der Waals surface area contributed by atoms with E-state index in [2.05, 4.69) is 5.32 Å². The number of aliphatic carboxylic acids is 1. The number of carbonyl (C=O) groups is 1. The molecular weight excluding hydrogens is 270 g/mol. The van der Waals surface area contributed by atoms with Crippen LogP contribution in [0.3, 0.4) is 0 Å². The van der Waals surface area contributed by atoms with E-state index in [1.807, 2.05) is 32.9 Å². The van der Waals surface area contributed by atoms with Crippen molar-refractivity contribution in [2.75, 3.05) is 13.2 Å². The molecule has 0 spiro atoms. The monoisotopic (exact) mass is 295 g/mol. The summed E-state index contributed by atoms with van der Waals surface area (Å²) < 4.78 is 0. The maximum Gasteiger partial charge on any atom is 0.303 e. The number of aliphatic hydroxyl groups excluding tert-OH is 2. The number of hydrogen-bond acceptors (Lipinski definition) is 4. The van der Waals surface area contributed by atoms with Crippen LogP contribution in [0.2, 0.25) is 0 Å². The van der Waals surface area contributed by atoms with Crippen LogP contribution in [-0.4, -0.2) is 40.5 Å². The normalized spacial score (nSPS) is 14.0. The fourth-order valence-corrected chi connectivity index (χ4v) is 2.76. The van der Waals surface area contributed by atoms with Crippen molar-refractivity contribution in [1.82, 2.24) is 5.32 Å². The van der Waals surface area contributed by atoms with Gasteiger partial charge in [0, 0.05) is 19.0 Å². The summed E-state index contributed by atoms with van der Waals surface area (Å²) in [5.74, 6) is -0.893. The van der Waals surface area contributed by atoms with E-state index in [1.54, 1.807) is 0 Å². The van der Waals surface area contributed by atoms with Gasteiger partial charge < -0.3 is 20.6 Å². The highest BCUT2D eigenvalue weighted by Gasteiger charge is 2.24. The predicted octanol–water partition coefficient (Wildman–Crippen LogP) is 1.46. The molecule has 0 heterocycles. The summed E-state index contributed by atoms with van der Waals surface area (Å²) in [6, 6.07) is 3.62. The van der Waals surface area contributed by atoms with Gasteiger partial charge in [0.25, 0.3) is 0 Å². The van der Waals surface area contributed by atoms with Gasteiger partial charge in [-0.15, -0.1) is 0 Å². The number of carboxylic acid groups (broad SMARTS) is 1. The zero-order chi connectivity index (χ0) is 16.0. The number of hydrogen-bond donors (Lipinski definition) is 4. The first kappa shape index (κ1) is 17.6. The summed E-state index contributed by atoms with van der Waals surface area (Å²) in [7, 11) is 0. The molecule has 0 saturated heterocycles. The Labute approximate surface area is 125 Å². The lowest BCUT2D eigenvalue weighted by molar-refractivity contribution is -0.137. The van der Waals surface area contributed by atoms with Crippen molar-refractivity contribution in [2.45, 2.75) is 45.8 Å². The van der Waals surface area contributed by atoms with E-state index in [0.29, 0.717) is 13.0 Å². The molecule has 1 aromatic carbocycles. The first-order valence-electron chi connectivity index (χ1n) is 7.18. The molecule has 0 aliphatic rings. The van der Waals surface area contributed by atoms with Gasteiger partial charge in [0.1, 0.15) is 0 Å². The zero-order valence-corrected chi connectivity index (χ0v) is 12.9. The summed E-state index contributed by atoms with van der Waals surface area (Å²) in [6.45, 7) is 6.16. The van der Waals surface area contributed by atoms with Gasteiger partial charge in [0.15, 0.2) is 0 Å². The molecule has 118 valence electrons. The lowest BCUT2D eigenvalue weighted by atomic mass is 9.90. The van der Waals surface area contributed by atoms with Gasteiger partial charge in [-0.3, -0.25) is 4.79 Å². The van der Waals surface area contributed by atoms with Gasteiger partial charge in [-0.1, -0.05) is 17.7 Å². The zero-order valence-electron chi connectivity index (χ0n) is 12.9. The third-order valence-corrected chi connectivity index (χ3v) is 3.60. The fraction of sp³-hybridized carbons (Fsp3) is 0.562. The van der Waals surface area contributed by atoms with E-state index in [4.69, 9.17) is 10.2 Å². The molecule has 0 amide bonds. The van der Waals surface area contributed by atoms with Gasteiger partial charge in [0.2, 0.25) is 0 Å². The van der Waals surface area contributed by atoms with Crippen molar-refractivity contribution < 1.29 is 20.1 Å². The summed E-state index contributed by atoms with van der Waals surface area (Å²) in [5, 5.41) is 31.4. The highest BCUT2D eigenvalue weighted by Crippen LogP contribution is 2.27. The molecule has 5 nitrogen and oxygen atoms in total. The van der Waals surface area contributed by atoms with E-state index < -0.39 is 18.1 Å². The number of carboxylic acids is 1. The van der Waals surface area contributed by atoms with Crippen molar-refractivity contribution in [3.8, 4) is 0 Å². The minimum Gasteiger partial charge on any atom is -0.481 e. The number of aryl methyl sites for hydroxylation is 3. The minimum atomic E-state index is -0.893. The lowest BCUT2D eigenvalue weighted by Crippen LogP contribution is -2.37. The molecule has 0 saturated carbocycles. The van der Waals surface area contributed by atoms with E-state index in [-0.39, 0.29) is 13.0 Å². The Bertz CT molecular complexity index is 464. The second-order valence-corrected chi connectivity index (χ2v) is 5.47. The fourth-order valence-electron chi connectivity index (χ4n) is 2.76. The molecule has 1 rings (SSSR count). The molecule has 0 radical (unpaired) electrons. The molecule has 0 bridgehead atoms. The van der Waals surface area contributed by atoms with Gasteiger partial charge in [-0.2, -0.15) is 0 Å². The van der Waals surface area contributed by atoms with Crippen LogP contribution < -0.4 is 5.32 Å². The van der Waals surface area contributed by atoms with Crippen LogP contribution in [0.25, 0.3) is 0 Å². The average molecular weight is 295 g/mol. The Hall–Kier alpha value is -1.43. The van der Waals surface area contributed by atoms with Crippen LogP contribution in [0.4, 0.5) is 0 Å². The van der Waals surface area contributed by atoms with E-state index in [9.17, 15) is 9.90 Å². The van der Waals surface area contributed by atoms with E-state index >= 15 is 0 Å². The van der Waals surface area contributed by atoms with E-state index in [1.165, 1.54) is 0 Å². The highest BCUT2D eigenvalue weighted by molar-refractivity contribution is 5.66. The predicted molar refractivity (Wildman–Crippen MR) is 81.4 cm³/mol. The summed E-state index contributed by atoms with van der Waals surface area (Å²) in [5.41, 5.74) is 3.95. The number of benzene rings is 1. The maximum atomic E-state index is 10.8. The molecule has 21 heavy (non-hydrogen) atoms. The third-order valence-electron chi connectivity index (χ3n) is 3.60. The van der Waals surface area contributed by atoms with Crippen LogP contribution in [0.15, 0.2) is 12.1 Å². The van der Waals surface area contributed by atoms with Gasteiger partial charge in [0.05, 0.1) is 12.7 Å². The molecule has 0 aliphatic heterocycles. The van der Waals surface area contributed by atoms with Crippen LogP contribution >= 0.6 is 0 Å². The summed E-state index contributed by atoms with van der Waals surface area (Å²) in [4.78, 5) is 10.8. The van der Waals surface area contributed by atoms with Crippen molar-refractivity contribution in [3.63, 3.8) is 0 Å². The Balaban J connectivity index is 2.98. The summed E-state index contributed by atoms with van der Waals surface area (Å²) >= 11 is 0. The van der Waals surface area contributed by atoms with Crippen LogP contribution in [0, 0.1) is 20.8 Å². The van der Waals surface area contributed by atoms with E-state index in [0.717, 1.165) is 22.3 Å². The quantitative estimate of drug-likeness (QED) is 0.583. The first-order chi connectivity index (χ1) is 9.86. The second-order valence-electron chi connectivity index (χ2n) is 5.47. The van der Waals surface area contributed by atoms with Gasteiger partial charge in [-0.25, -0.2) is 0 Å². The Kier molecular flexibility index (Phi) is 6.81. The Morgan fingerprint density at radius 2 is 1.81 bits per heavy atom. The molecule has 0 aromatic heterocycles. The van der Waals surface area contributed by atoms with Crippen LogP contribution in [-0.2, 0) is 4.79 Å². The highest BCUT2D eigenvalue weighted by atomic mass is 16.4. The van der Waals surface area contributed by atoms with Gasteiger partial charge in [-0.05, 0) is 43.9 Å². The smallest absolute Gasteiger partial charge is 0.303 e. The van der Waals surface area contributed by atoms with Crippen molar-refractivity contribution in [2.24, 2.45) is 0 Å². The molecule has 1 aromatic rings. The average Bonchev–Trinajstić information content (AvgIpc) is 2.37. The Morgan fingerprint density at radius 1 is 1.24 bits per heavy atom. The lowest BCUT2D eigenvalue weighted by Gasteiger charge is -2.26. The van der Waals surface area contributed by atoms with Gasteiger partial charge >= 0.3 is 5.97 Å². The molecular formula is C16H25NO4. The van der Waals surface area contributed by atoms with Crippen LogP contribution in [0.5, 0.6) is 0 Å². The molecule has 2 atom stereocenters. The Morgan fingerprint density at radius 3 is 2.29 bits per heavy atom. The number of rotatable bonds is 8. The first-order valence-corrected chi connectivity index (χ1v) is 7.18. The number of aliphatic hydroxyl groups is 2. The van der Waals surface area contributed by atoms with Crippen molar-refractivity contribution in [3.05, 3.63) is 34.4 Å². The second kappa shape index (κ2) is 8.12. The maximum absolute atomic E-state index is 10.8. The molecule has 2 unspecified atom stereocenters. The topological polar surface area (TPSA) is 89.8 Å². The standard InChI is InChI=1S/C16H25NO4/c1-10-8-11(2)15(12(3)9-10)16(21)13(17-6-7-18)4-5-14(19)20/h8-9,13,16-18,21H,4-7H2,1-3H3,(H,19,20). The minimum absolute atomic E-state index is 0.0237. The SMILES string of the molecule is Cc1cc(C)c(C(O)C(CCC(=O)O)NCCO)c(C)c1.